The summed E-state index contributed by atoms with van der Waals surface area (Å²) in [6.07, 6.45) is 8.05. The fourth-order valence-electron chi connectivity index (χ4n) is 5.73. The van der Waals surface area contributed by atoms with Crippen molar-refractivity contribution in [2.24, 2.45) is 34.4 Å². The van der Waals surface area contributed by atoms with Crippen LogP contribution in [0.2, 0.25) is 0 Å². The molecule has 3 fully saturated rings. The van der Waals surface area contributed by atoms with E-state index in [0.29, 0.717) is 36.7 Å². The average Bonchev–Trinajstić information content (AvgIpc) is 3.19. The smallest absolute Gasteiger partial charge is 0.320 e. The Morgan fingerprint density at radius 2 is 1.77 bits per heavy atom. The number of nitrogens with one attached hydrogen (secondary N) is 2. The highest BCUT2D eigenvalue weighted by atomic mass is 16.4. The van der Waals surface area contributed by atoms with Crippen molar-refractivity contribution in [3.63, 3.8) is 0 Å². The van der Waals surface area contributed by atoms with Crippen molar-refractivity contribution in [3.05, 3.63) is 35.9 Å². The lowest BCUT2D eigenvalue weighted by Crippen LogP contribution is -2.45. The van der Waals surface area contributed by atoms with Crippen molar-refractivity contribution in [1.29, 1.82) is 0 Å². The number of nitrogens with two attached hydrogens (primary N) is 2. The lowest BCUT2D eigenvalue weighted by atomic mass is 9.84. The zero-order chi connectivity index (χ0) is 25.2. The van der Waals surface area contributed by atoms with Gasteiger partial charge in [0, 0.05) is 18.2 Å². The summed E-state index contributed by atoms with van der Waals surface area (Å²) in [5, 5.41) is 25.4. The summed E-state index contributed by atoms with van der Waals surface area (Å²) in [5.41, 5.74) is 8.49. The van der Waals surface area contributed by atoms with Crippen LogP contribution in [0.15, 0.2) is 35.4 Å². The molecule has 4 unspecified atom stereocenters. The molecule has 3 aliphatic rings. The first kappa shape index (κ1) is 26.9. The van der Waals surface area contributed by atoms with Crippen LogP contribution in [-0.2, 0) is 9.59 Å². The second-order valence-electron chi connectivity index (χ2n) is 9.88. The molecule has 194 valence electrons. The van der Waals surface area contributed by atoms with Gasteiger partial charge < -0.3 is 21.3 Å². The van der Waals surface area contributed by atoms with Crippen molar-refractivity contribution in [2.75, 3.05) is 19.6 Å². The van der Waals surface area contributed by atoms with E-state index >= 15 is 0 Å². The molecule has 0 amide bonds. The Morgan fingerprint density at radius 1 is 1.00 bits per heavy atom. The molecule has 4 rings (SSSR count). The third kappa shape index (κ3) is 7.91. The van der Waals surface area contributed by atoms with Crippen LogP contribution in [0.3, 0.4) is 0 Å². The molecule has 1 aliphatic carbocycles. The van der Waals surface area contributed by atoms with Gasteiger partial charge in [0.25, 0.3) is 0 Å². The number of aliphatic carboxylic acids is 2. The number of carboxylic acid groups (broad SMARTS) is 2. The standard InChI is InChI=1S/C18H30N2O4.C7H10N4/c21-17(22)14-4-2-8-20(11-14)15-5-1-3-13-10-19-16(18(23)24)7-6-12(13)9-15;8-7(10-11-9)6-4-2-1-3-5-6/h12-16,19H,1-11H2,(H,21,22)(H,23,24);1-5,11H,9H2,(H2,8,10)/t12?,13?,14?,15?,16-;/m0./s1. The molecule has 8 N–H and O–H groups in total. The molecule has 0 aromatic heterocycles. The minimum Gasteiger partial charge on any atom is -0.481 e. The summed E-state index contributed by atoms with van der Waals surface area (Å²) < 4.78 is 0. The molecule has 2 aliphatic heterocycles. The van der Waals surface area contributed by atoms with Crippen molar-refractivity contribution >= 4 is 17.8 Å². The van der Waals surface area contributed by atoms with Crippen LogP contribution in [0, 0.1) is 17.8 Å². The quantitative estimate of drug-likeness (QED) is 0.156. The zero-order valence-electron chi connectivity index (χ0n) is 20.3. The number of hydrogen-bond acceptors (Lipinski definition) is 7. The second-order valence-corrected chi connectivity index (χ2v) is 9.88. The first-order chi connectivity index (χ1) is 16.9. The largest absolute Gasteiger partial charge is 0.481 e. The molecule has 2 saturated heterocycles. The summed E-state index contributed by atoms with van der Waals surface area (Å²) in [7, 11) is 0. The van der Waals surface area contributed by atoms with E-state index in [4.69, 9.17) is 11.6 Å². The van der Waals surface area contributed by atoms with E-state index in [1.165, 1.54) is 6.42 Å². The summed E-state index contributed by atoms with van der Waals surface area (Å²) in [5.74, 6) is 4.86. The average molecular weight is 489 g/mol. The number of carbonyl (C=O) groups is 2. The summed E-state index contributed by atoms with van der Waals surface area (Å²) in [4.78, 5) is 25.0. The number of likely N-dealkylation sites (tertiary alicyclic amines) is 1. The first-order valence-electron chi connectivity index (χ1n) is 12.7. The predicted molar refractivity (Wildman–Crippen MR) is 134 cm³/mol. The third-order valence-electron chi connectivity index (χ3n) is 7.68. The predicted octanol–water partition coefficient (Wildman–Crippen LogP) is 1.56. The van der Waals surface area contributed by atoms with Gasteiger partial charge in [0.15, 0.2) is 5.84 Å². The molecule has 0 radical (unpaired) electrons. The minimum absolute atomic E-state index is 0.218. The minimum atomic E-state index is -0.733. The molecule has 10 heteroatoms. The maximum Gasteiger partial charge on any atom is 0.320 e. The fourth-order valence-corrected chi connectivity index (χ4v) is 5.73. The van der Waals surface area contributed by atoms with E-state index in [-0.39, 0.29) is 5.92 Å². The number of hydrazine groups is 1. The number of rotatable bonds is 5. The van der Waals surface area contributed by atoms with Crippen molar-refractivity contribution in [3.8, 4) is 0 Å². The van der Waals surface area contributed by atoms with E-state index in [1.807, 2.05) is 30.3 Å². The lowest BCUT2D eigenvalue weighted by molar-refractivity contribution is -0.144. The highest BCUT2D eigenvalue weighted by molar-refractivity contribution is 5.97. The summed E-state index contributed by atoms with van der Waals surface area (Å²) >= 11 is 0. The van der Waals surface area contributed by atoms with Crippen LogP contribution in [-0.4, -0.2) is 64.6 Å². The van der Waals surface area contributed by atoms with Gasteiger partial charge in [-0.05, 0) is 69.9 Å². The van der Waals surface area contributed by atoms with Gasteiger partial charge in [-0.25, -0.2) is 11.4 Å². The number of hydrazone groups is 1. The van der Waals surface area contributed by atoms with Crippen molar-refractivity contribution in [2.45, 2.75) is 63.5 Å². The van der Waals surface area contributed by atoms with Gasteiger partial charge in [-0.15, -0.1) is 5.10 Å². The van der Waals surface area contributed by atoms with Crippen LogP contribution in [0.25, 0.3) is 0 Å². The molecule has 10 nitrogen and oxygen atoms in total. The van der Waals surface area contributed by atoms with E-state index in [1.54, 1.807) is 0 Å². The first-order valence-corrected chi connectivity index (χ1v) is 12.7. The summed E-state index contributed by atoms with van der Waals surface area (Å²) in [6, 6.07) is 9.46. The van der Waals surface area contributed by atoms with Crippen LogP contribution < -0.4 is 22.4 Å². The Balaban J connectivity index is 0.000000261. The Hall–Kier alpha value is -2.69. The maximum absolute atomic E-state index is 11.3. The third-order valence-corrected chi connectivity index (χ3v) is 7.68. The van der Waals surface area contributed by atoms with Crippen LogP contribution >= 0.6 is 0 Å². The highest BCUT2D eigenvalue weighted by Gasteiger charge is 2.36. The Labute approximate surface area is 207 Å². The highest BCUT2D eigenvalue weighted by Crippen LogP contribution is 2.37. The normalized spacial score (nSPS) is 30.0. The van der Waals surface area contributed by atoms with E-state index < -0.39 is 18.0 Å². The van der Waals surface area contributed by atoms with Gasteiger partial charge in [-0.1, -0.05) is 36.8 Å². The van der Waals surface area contributed by atoms with Gasteiger partial charge in [0.05, 0.1) is 5.92 Å². The molecule has 2 heterocycles. The number of carboxylic acids is 2. The topological polar surface area (TPSA) is 166 Å². The number of nitrogens with zero attached hydrogens (tertiary/aromatic N) is 2. The van der Waals surface area contributed by atoms with Gasteiger partial charge in [0.1, 0.15) is 6.04 Å². The monoisotopic (exact) mass is 488 g/mol. The zero-order valence-corrected chi connectivity index (χ0v) is 20.3. The number of benzene rings is 1. The van der Waals surface area contributed by atoms with Crippen molar-refractivity contribution in [1.82, 2.24) is 15.8 Å². The van der Waals surface area contributed by atoms with E-state index in [0.717, 1.165) is 57.2 Å². The molecule has 0 bridgehead atoms. The van der Waals surface area contributed by atoms with Gasteiger partial charge in [-0.2, -0.15) is 0 Å². The van der Waals surface area contributed by atoms with Crippen LogP contribution in [0.4, 0.5) is 0 Å². The number of hydrogen-bond donors (Lipinski definition) is 6. The Morgan fingerprint density at radius 3 is 2.46 bits per heavy atom. The maximum atomic E-state index is 11.3. The molecule has 1 saturated carbocycles. The van der Waals surface area contributed by atoms with Crippen molar-refractivity contribution < 1.29 is 19.8 Å². The lowest BCUT2D eigenvalue weighted by Gasteiger charge is -2.38. The molecule has 5 atom stereocenters. The second kappa shape index (κ2) is 13.4. The van der Waals surface area contributed by atoms with E-state index in [2.05, 4.69) is 20.9 Å². The fraction of sp³-hybridized carbons (Fsp3) is 0.640. The molecular formula is C25H40N6O4. The van der Waals surface area contributed by atoms with Gasteiger partial charge >= 0.3 is 11.9 Å². The molecule has 1 aromatic carbocycles. The van der Waals surface area contributed by atoms with Crippen LogP contribution in [0.5, 0.6) is 0 Å². The molecular weight excluding hydrogens is 448 g/mol. The number of piperidine rings is 1. The van der Waals surface area contributed by atoms with Gasteiger partial charge in [-0.3, -0.25) is 14.5 Å². The molecule has 1 aromatic rings. The van der Waals surface area contributed by atoms with Gasteiger partial charge in [0.2, 0.25) is 0 Å². The Bertz CT molecular complexity index is 852. The number of amidine groups is 1. The molecule has 0 spiro atoms. The van der Waals surface area contributed by atoms with E-state index in [9.17, 15) is 19.8 Å². The summed E-state index contributed by atoms with van der Waals surface area (Å²) in [6.45, 7) is 2.52. The molecule has 35 heavy (non-hydrogen) atoms. The van der Waals surface area contributed by atoms with Crippen LogP contribution in [0.1, 0.15) is 56.9 Å². The number of fused-ring (bicyclic) bond motifs is 1. The Kier molecular flexibility index (Phi) is 10.3. The SMILES string of the molecule is NN/N=C(\N)c1ccccc1.O=C(O)C1CCCN(C2CCCC3CN[C@H](C(=O)O)CCC3C2)C1.